The molecule has 24 heavy (non-hydrogen) atoms. The summed E-state index contributed by atoms with van der Waals surface area (Å²) in [5, 5.41) is 2.17. The minimum absolute atomic E-state index is 0.188. The molecule has 118 valence electrons. The van der Waals surface area contributed by atoms with Crippen LogP contribution in [0.4, 0.5) is 10.1 Å². The highest BCUT2D eigenvalue weighted by Gasteiger charge is 2.09. The molecule has 0 saturated carbocycles. The summed E-state index contributed by atoms with van der Waals surface area (Å²) >= 11 is 4.49. The molecular weight excluding hydrogens is 317 g/mol. The largest absolute Gasteiger partial charge is 0.205 e. The van der Waals surface area contributed by atoms with Gasteiger partial charge in [-0.25, -0.2) is 4.39 Å². The molecule has 0 N–H and O–H groups in total. The molecule has 0 amide bonds. The summed E-state index contributed by atoms with van der Waals surface area (Å²) in [5.74, 6) is 5.76. The molecule has 0 spiro atoms. The summed E-state index contributed by atoms with van der Waals surface area (Å²) in [6, 6.07) is 11.3. The number of aliphatic imine (C=N–C) groups is 1. The van der Waals surface area contributed by atoms with Crippen molar-refractivity contribution >= 4 is 29.1 Å². The van der Waals surface area contributed by atoms with E-state index in [-0.39, 0.29) is 5.69 Å². The van der Waals surface area contributed by atoms with Crippen LogP contribution in [0.1, 0.15) is 35.6 Å². The number of allylic oxidation sites excluding steroid dienone is 1. The van der Waals surface area contributed by atoms with Crippen LogP contribution in [0.15, 0.2) is 47.0 Å². The lowest BCUT2D eigenvalue weighted by atomic mass is 9.90. The smallest absolute Gasteiger partial charge is 0.150 e. The molecule has 1 nitrogen and oxygen atoms in total. The van der Waals surface area contributed by atoms with Crippen LogP contribution in [0.3, 0.4) is 0 Å². The van der Waals surface area contributed by atoms with E-state index in [9.17, 15) is 4.39 Å². The number of nitrogens with zero attached hydrogens (tertiary/aromatic N) is 1. The Balaban J connectivity index is 1.84. The van der Waals surface area contributed by atoms with Crippen molar-refractivity contribution in [3.63, 3.8) is 0 Å². The molecule has 0 radical (unpaired) electrons. The standard InChI is InChI=1S/C21H16FNS/c1-2-15-5-8-19-12-16(6-9-18(19)11-15)3-4-17-7-10-21(23-14-24)20(22)13-17/h5,7-8,10-13H,2,6,9H2,1H3. The number of hydrogen-bond acceptors (Lipinski definition) is 2. The van der Waals surface area contributed by atoms with Crippen molar-refractivity contribution in [1.82, 2.24) is 0 Å². The van der Waals surface area contributed by atoms with Crippen LogP contribution in [0, 0.1) is 17.7 Å². The van der Waals surface area contributed by atoms with Gasteiger partial charge in [0.25, 0.3) is 0 Å². The van der Waals surface area contributed by atoms with E-state index in [1.165, 1.54) is 22.8 Å². The Bertz CT molecular complexity index is 925. The van der Waals surface area contributed by atoms with E-state index < -0.39 is 5.82 Å². The Labute approximate surface area is 146 Å². The third kappa shape index (κ3) is 3.68. The minimum atomic E-state index is -0.436. The van der Waals surface area contributed by atoms with Gasteiger partial charge in [-0.05, 0) is 72.4 Å². The van der Waals surface area contributed by atoms with E-state index in [1.807, 2.05) is 0 Å². The van der Waals surface area contributed by atoms with Gasteiger partial charge in [-0.3, -0.25) is 0 Å². The Morgan fingerprint density at radius 1 is 1.12 bits per heavy atom. The summed E-state index contributed by atoms with van der Waals surface area (Å²) < 4.78 is 13.8. The van der Waals surface area contributed by atoms with Gasteiger partial charge in [-0.2, -0.15) is 4.99 Å². The third-order valence-electron chi connectivity index (χ3n) is 4.09. The third-order valence-corrected chi connectivity index (χ3v) is 4.18. The van der Waals surface area contributed by atoms with Gasteiger partial charge in [0, 0.05) is 11.1 Å². The molecule has 3 rings (SSSR count). The van der Waals surface area contributed by atoms with Crippen LogP contribution in [-0.2, 0) is 12.8 Å². The van der Waals surface area contributed by atoms with Crippen molar-refractivity contribution in [2.45, 2.75) is 26.2 Å². The Kier molecular flexibility index (Phi) is 5.01. The first-order chi connectivity index (χ1) is 11.7. The van der Waals surface area contributed by atoms with Gasteiger partial charge in [-0.1, -0.05) is 37.0 Å². The quantitative estimate of drug-likeness (QED) is 0.401. The monoisotopic (exact) mass is 333 g/mol. The highest BCUT2D eigenvalue weighted by molar-refractivity contribution is 7.78. The molecule has 0 aliphatic heterocycles. The summed E-state index contributed by atoms with van der Waals surface area (Å²) in [6.07, 6.45) is 5.11. The summed E-state index contributed by atoms with van der Waals surface area (Å²) in [6.45, 7) is 2.17. The lowest BCUT2D eigenvalue weighted by molar-refractivity contribution is 0.629. The number of isothiocyanates is 1. The first-order valence-corrected chi connectivity index (χ1v) is 8.32. The zero-order valence-electron chi connectivity index (χ0n) is 13.4. The van der Waals surface area contributed by atoms with Crippen molar-refractivity contribution in [1.29, 1.82) is 0 Å². The van der Waals surface area contributed by atoms with E-state index >= 15 is 0 Å². The number of halogens is 1. The first-order valence-electron chi connectivity index (χ1n) is 7.91. The topological polar surface area (TPSA) is 12.4 Å². The maximum Gasteiger partial charge on any atom is 0.150 e. The van der Waals surface area contributed by atoms with Crippen LogP contribution in [-0.4, -0.2) is 5.16 Å². The summed E-state index contributed by atoms with van der Waals surface area (Å²) in [4.78, 5) is 3.67. The molecule has 1 aliphatic carbocycles. The molecule has 0 aromatic heterocycles. The van der Waals surface area contributed by atoms with E-state index in [1.54, 1.807) is 12.1 Å². The van der Waals surface area contributed by atoms with Gasteiger partial charge < -0.3 is 0 Å². The van der Waals surface area contributed by atoms with Gasteiger partial charge in [0.05, 0.1) is 5.16 Å². The van der Waals surface area contributed by atoms with Gasteiger partial charge in [0.1, 0.15) is 5.69 Å². The molecule has 0 heterocycles. The molecule has 0 unspecified atom stereocenters. The van der Waals surface area contributed by atoms with Gasteiger partial charge in [0.15, 0.2) is 5.82 Å². The summed E-state index contributed by atoms with van der Waals surface area (Å²) in [5.41, 5.74) is 5.88. The number of thiocarbonyl (C=S) groups is 1. The molecule has 0 fully saturated rings. The molecule has 0 saturated heterocycles. The Morgan fingerprint density at radius 3 is 2.75 bits per heavy atom. The van der Waals surface area contributed by atoms with Crippen molar-refractivity contribution in [2.75, 3.05) is 0 Å². The number of fused-ring (bicyclic) bond motifs is 1. The maximum absolute atomic E-state index is 13.8. The zero-order valence-corrected chi connectivity index (χ0v) is 14.2. The van der Waals surface area contributed by atoms with Crippen molar-refractivity contribution in [3.8, 4) is 11.8 Å². The van der Waals surface area contributed by atoms with E-state index in [0.717, 1.165) is 24.8 Å². The predicted octanol–water partition coefficient (Wildman–Crippen LogP) is 5.50. The van der Waals surface area contributed by atoms with Gasteiger partial charge in [-0.15, -0.1) is 0 Å². The normalized spacial score (nSPS) is 12.3. The van der Waals surface area contributed by atoms with Crippen molar-refractivity contribution in [2.24, 2.45) is 4.99 Å². The molecule has 0 atom stereocenters. The second-order valence-corrected chi connectivity index (χ2v) is 5.86. The van der Waals surface area contributed by atoms with E-state index in [4.69, 9.17) is 0 Å². The fourth-order valence-electron chi connectivity index (χ4n) is 2.74. The summed E-state index contributed by atoms with van der Waals surface area (Å²) in [7, 11) is 0. The second-order valence-electron chi connectivity index (χ2n) is 5.68. The van der Waals surface area contributed by atoms with Crippen molar-refractivity contribution in [3.05, 3.63) is 70.0 Å². The SMILES string of the molecule is CCc1ccc2c(c1)CCC(C#Cc1ccc(N=C=S)c(F)c1)=C2. The maximum atomic E-state index is 13.8. The van der Waals surface area contributed by atoms with Gasteiger partial charge in [0.2, 0.25) is 0 Å². The highest BCUT2D eigenvalue weighted by atomic mass is 32.1. The predicted molar refractivity (Wildman–Crippen MR) is 100 cm³/mol. The first kappa shape index (κ1) is 16.3. The Hall–Kier alpha value is -2.53. The molecule has 1 aliphatic rings. The number of rotatable bonds is 2. The van der Waals surface area contributed by atoms with Crippen LogP contribution in [0.5, 0.6) is 0 Å². The van der Waals surface area contributed by atoms with E-state index in [2.05, 4.69) is 65.4 Å². The molecule has 3 heteroatoms. The average molecular weight is 333 g/mol. The molecule has 0 bridgehead atoms. The minimum Gasteiger partial charge on any atom is -0.205 e. The lowest BCUT2D eigenvalue weighted by Gasteiger charge is -2.14. The number of benzene rings is 2. The van der Waals surface area contributed by atoms with Crippen LogP contribution in [0.2, 0.25) is 0 Å². The number of aryl methyl sites for hydroxylation is 2. The van der Waals surface area contributed by atoms with Gasteiger partial charge >= 0.3 is 0 Å². The van der Waals surface area contributed by atoms with Crippen LogP contribution in [0.25, 0.3) is 6.08 Å². The number of hydrogen-bond donors (Lipinski definition) is 0. The lowest BCUT2D eigenvalue weighted by Crippen LogP contribution is -1.99. The van der Waals surface area contributed by atoms with E-state index in [0.29, 0.717) is 5.56 Å². The fourth-order valence-corrected chi connectivity index (χ4v) is 2.84. The molecule has 2 aromatic rings. The van der Waals surface area contributed by atoms with Crippen LogP contribution >= 0.6 is 12.2 Å². The molecule has 2 aromatic carbocycles. The molecular formula is C21H16FNS. The highest BCUT2D eigenvalue weighted by Crippen LogP contribution is 2.25. The average Bonchev–Trinajstić information content (AvgIpc) is 2.61. The Morgan fingerprint density at radius 2 is 2.00 bits per heavy atom. The fraction of sp³-hybridized carbons (Fsp3) is 0.190. The van der Waals surface area contributed by atoms with Crippen molar-refractivity contribution < 1.29 is 4.39 Å². The second kappa shape index (κ2) is 7.36. The zero-order chi connectivity index (χ0) is 16.9. The van der Waals surface area contributed by atoms with Crippen LogP contribution < -0.4 is 0 Å².